The van der Waals surface area contributed by atoms with E-state index >= 15 is 0 Å². The van der Waals surface area contributed by atoms with Gasteiger partial charge in [0.05, 0.1) is 0 Å². The molecule has 3 N–H and O–H groups in total. The van der Waals surface area contributed by atoms with Crippen molar-refractivity contribution < 1.29 is 0 Å². The van der Waals surface area contributed by atoms with Crippen LogP contribution in [-0.2, 0) is 0 Å². The number of nitrogens with zero attached hydrogens (tertiary/aromatic N) is 1. The SMILES string of the molecule is CCC(C)N1CC=C(c2c[nH]c3ccc(NC(=S)NC(C)C)cc23)CC1. The zero-order chi connectivity index (χ0) is 18.7. The summed E-state index contributed by atoms with van der Waals surface area (Å²) in [5, 5.41) is 8.44. The maximum atomic E-state index is 5.37. The number of hydrogen-bond acceptors (Lipinski definition) is 2. The Kier molecular flexibility index (Phi) is 5.99. The van der Waals surface area contributed by atoms with Crippen LogP contribution in [0.15, 0.2) is 30.5 Å². The maximum Gasteiger partial charge on any atom is 0.170 e. The fraction of sp³-hybridized carbons (Fsp3) is 0.476. The maximum absolute atomic E-state index is 5.37. The molecule has 0 radical (unpaired) electrons. The fourth-order valence-corrected chi connectivity index (χ4v) is 3.83. The number of rotatable bonds is 5. The molecule has 3 rings (SSSR count). The highest BCUT2D eigenvalue weighted by Gasteiger charge is 2.18. The summed E-state index contributed by atoms with van der Waals surface area (Å²) in [6.07, 6.45) is 6.84. The van der Waals surface area contributed by atoms with Gasteiger partial charge in [-0.05, 0) is 69.6 Å². The van der Waals surface area contributed by atoms with Crippen molar-refractivity contribution in [3.05, 3.63) is 36.0 Å². The third-order valence-electron chi connectivity index (χ3n) is 5.16. The molecule has 5 heteroatoms. The largest absolute Gasteiger partial charge is 0.361 e. The highest BCUT2D eigenvalue weighted by molar-refractivity contribution is 7.80. The van der Waals surface area contributed by atoms with Crippen molar-refractivity contribution in [3.8, 4) is 0 Å². The summed E-state index contributed by atoms with van der Waals surface area (Å²) >= 11 is 5.37. The van der Waals surface area contributed by atoms with Crippen molar-refractivity contribution >= 4 is 39.5 Å². The molecule has 26 heavy (non-hydrogen) atoms. The van der Waals surface area contributed by atoms with Gasteiger partial charge in [0.1, 0.15) is 0 Å². The predicted molar refractivity (Wildman–Crippen MR) is 117 cm³/mol. The first kappa shape index (κ1) is 18.9. The molecule has 1 aliphatic heterocycles. The molecule has 0 aliphatic carbocycles. The second kappa shape index (κ2) is 8.23. The Morgan fingerprint density at radius 3 is 2.77 bits per heavy atom. The van der Waals surface area contributed by atoms with Crippen LogP contribution in [0.2, 0.25) is 0 Å². The quantitative estimate of drug-likeness (QED) is 0.665. The molecular weight excluding hydrogens is 340 g/mol. The minimum absolute atomic E-state index is 0.322. The van der Waals surface area contributed by atoms with Crippen LogP contribution in [0.25, 0.3) is 16.5 Å². The topological polar surface area (TPSA) is 43.1 Å². The minimum atomic E-state index is 0.322. The lowest BCUT2D eigenvalue weighted by molar-refractivity contribution is 0.225. The molecule has 0 amide bonds. The molecule has 1 atom stereocenters. The smallest absolute Gasteiger partial charge is 0.170 e. The monoisotopic (exact) mass is 370 g/mol. The van der Waals surface area contributed by atoms with E-state index in [0.717, 1.165) is 25.2 Å². The van der Waals surface area contributed by atoms with E-state index in [1.165, 1.54) is 28.5 Å². The fourth-order valence-electron chi connectivity index (χ4n) is 3.48. The van der Waals surface area contributed by atoms with Crippen molar-refractivity contribution in [1.29, 1.82) is 0 Å². The standard InChI is InChI=1S/C21H30N4S/c1-5-15(4)25-10-8-16(9-11-25)19-13-22-20-7-6-17(12-18(19)20)24-21(26)23-14(2)3/h6-8,12-15,22H,5,9-11H2,1-4H3,(H2,23,24,26). The Labute approximate surface area is 162 Å². The molecular formula is C21H30N4S. The molecule has 0 saturated heterocycles. The van der Waals surface area contributed by atoms with Crippen molar-refractivity contribution in [2.45, 2.75) is 52.6 Å². The third-order valence-corrected chi connectivity index (χ3v) is 5.38. The van der Waals surface area contributed by atoms with Gasteiger partial charge in [0, 0.05) is 53.5 Å². The summed E-state index contributed by atoms with van der Waals surface area (Å²) in [5.74, 6) is 0. The summed E-state index contributed by atoms with van der Waals surface area (Å²) < 4.78 is 0. The molecule has 1 aliphatic rings. The number of aromatic amines is 1. The van der Waals surface area contributed by atoms with Gasteiger partial charge in [-0.1, -0.05) is 13.0 Å². The molecule has 0 saturated carbocycles. The lowest BCUT2D eigenvalue weighted by Gasteiger charge is -2.31. The normalized spacial score (nSPS) is 16.6. The van der Waals surface area contributed by atoms with E-state index in [9.17, 15) is 0 Å². The van der Waals surface area contributed by atoms with E-state index in [2.05, 4.69) is 78.7 Å². The summed E-state index contributed by atoms with van der Waals surface area (Å²) in [6.45, 7) is 10.9. The van der Waals surface area contributed by atoms with Crippen molar-refractivity contribution in [2.75, 3.05) is 18.4 Å². The molecule has 0 spiro atoms. The third kappa shape index (κ3) is 4.27. The van der Waals surface area contributed by atoms with Gasteiger partial charge < -0.3 is 15.6 Å². The van der Waals surface area contributed by atoms with Crippen LogP contribution < -0.4 is 10.6 Å². The zero-order valence-electron chi connectivity index (χ0n) is 16.2. The summed E-state index contributed by atoms with van der Waals surface area (Å²) in [6, 6.07) is 7.35. The van der Waals surface area contributed by atoms with Gasteiger partial charge >= 0.3 is 0 Å². The highest BCUT2D eigenvalue weighted by Crippen LogP contribution is 2.31. The number of nitrogens with one attached hydrogen (secondary N) is 3. The van der Waals surface area contributed by atoms with E-state index in [1.807, 2.05) is 0 Å². The van der Waals surface area contributed by atoms with Gasteiger partial charge in [-0.2, -0.15) is 0 Å². The lowest BCUT2D eigenvalue weighted by atomic mass is 9.97. The van der Waals surface area contributed by atoms with Crippen molar-refractivity contribution in [1.82, 2.24) is 15.2 Å². The van der Waals surface area contributed by atoms with E-state index in [4.69, 9.17) is 12.2 Å². The minimum Gasteiger partial charge on any atom is -0.361 e. The van der Waals surface area contributed by atoms with E-state index in [1.54, 1.807) is 0 Å². The van der Waals surface area contributed by atoms with Gasteiger partial charge in [-0.3, -0.25) is 4.90 Å². The molecule has 2 heterocycles. The first-order valence-corrected chi connectivity index (χ1v) is 10.0. The van der Waals surface area contributed by atoms with E-state index in [-0.39, 0.29) is 0 Å². The Bertz CT molecular complexity index is 805. The lowest BCUT2D eigenvalue weighted by Crippen LogP contribution is -2.35. The van der Waals surface area contributed by atoms with E-state index < -0.39 is 0 Å². The van der Waals surface area contributed by atoms with Crippen LogP contribution in [0.3, 0.4) is 0 Å². The first-order chi connectivity index (χ1) is 12.5. The molecule has 0 fully saturated rings. The number of H-pyrrole nitrogens is 1. The summed E-state index contributed by atoms with van der Waals surface area (Å²) in [5.41, 5.74) is 4.94. The van der Waals surface area contributed by atoms with Crippen molar-refractivity contribution in [2.24, 2.45) is 0 Å². The number of hydrogen-bond donors (Lipinski definition) is 3. The Hall–Kier alpha value is -1.85. The average Bonchev–Trinajstić information content (AvgIpc) is 3.03. The predicted octanol–water partition coefficient (Wildman–Crippen LogP) is 4.75. The molecule has 0 bridgehead atoms. The van der Waals surface area contributed by atoms with Crippen LogP contribution in [0, 0.1) is 0 Å². The second-order valence-corrected chi connectivity index (χ2v) is 7.86. The average molecular weight is 371 g/mol. The number of thiocarbonyl (C=S) groups is 1. The Balaban J connectivity index is 1.80. The van der Waals surface area contributed by atoms with Crippen LogP contribution in [0.5, 0.6) is 0 Å². The van der Waals surface area contributed by atoms with Gasteiger partial charge in [0.15, 0.2) is 5.11 Å². The van der Waals surface area contributed by atoms with Gasteiger partial charge in [-0.15, -0.1) is 0 Å². The van der Waals surface area contributed by atoms with Gasteiger partial charge in [-0.25, -0.2) is 0 Å². The second-order valence-electron chi connectivity index (χ2n) is 7.45. The van der Waals surface area contributed by atoms with E-state index in [0.29, 0.717) is 17.2 Å². The number of aromatic nitrogens is 1. The molecule has 2 aromatic rings. The Morgan fingerprint density at radius 2 is 2.12 bits per heavy atom. The highest BCUT2D eigenvalue weighted by atomic mass is 32.1. The summed E-state index contributed by atoms with van der Waals surface area (Å²) in [4.78, 5) is 5.97. The van der Waals surface area contributed by atoms with Crippen LogP contribution >= 0.6 is 12.2 Å². The molecule has 4 nitrogen and oxygen atoms in total. The van der Waals surface area contributed by atoms with Crippen LogP contribution in [-0.4, -0.2) is 40.2 Å². The molecule has 1 aromatic heterocycles. The van der Waals surface area contributed by atoms with Gasteiger partial charge in [0.2, 0.25) is 0 Å². The Morgan fingerprint density at radius 1 is 1.31 bits per heavy atom. The molecule has 1 aromatic carbocycles. The molecule has 1 unspecified atom stereocenters. The van der Waals surface area contributed by atoms with Crippen molar-refractivity contribution in [3.63, 3.8) is 0 Å². The number of benzene rings is 1. The number of anilines is 1. The number of fused-ring (bicyclic) bond motifs is 1. The van der Waals surface area contributed by atoms with Crippen LogP contribution in [0.1, 0.15) is 46.1 Å². The van der Waals surface area contributed by atoms with Crippen LogP contribution in [0.4, 0.5) is 5.69 Å². The summed E-state index contributed by atoms with van der Waals surface area (Å²) in [7, 11) is 0. The van der Waals surface area contributed by atoms with Gasteiger partial charge in [0.25, 0.3) is 0 Å². The first-order valence-electron chi connectivity index (χ1n) is 9.60. The zero-order valence-corrected chi connectivity index (χ0v) is 17.0. The molecule has 140 valence electrons.